The summed E-state index contributed by atoms with van der Waals surface area (Å²) in [6, 6.07) is 8.84. The maximum Gasteiger partial charge on any atom is 0.475 e. The molecule has 1 saturated carbocycles. The zero-order valence-corrected chi connectivity index (χ0v) is 11.4. The summed E-state index contributed by atoms with van der Waals surface area (Å²) in [4.78, 5) is 12.0. The minimum absolute atomic E-state index is 0.340. The second-order valence-corrected chi connectivity index (χ2v) is 5.50. The molecule has 0 heterocycles. The van der Waals surface area contributed by atoms with E-state index in [2.05, 4.69) is 5.32 Å². The summed E-state index contributed by atoms with van der Waals surface area (Å²) in [5.41, 5.74) is 6.85. The van der Waals surface area contributed by atoms with E-state index in [1.54, 1.807) is 0 Å². The average Bonchev–Trinajstić information content (AvgIpc) is 3.22. The normalized spacial score (nSPS) is 17.4. The van der Waals surface area contributed by atoms with Gasteiger partial charge in [-0.15, -0.1) is 0 Å². The summed E-state index contributed by atoms with van der Waals surface area (Å²) in [5.74, 6) is -0.475. The highest BCUT2D eigenvalue weighted by Crippen LogP contribution is 2.33. The number of carbonyl (C=O) groups is 1. The van der Waals surface area contributed by atoms with Gasteiger partial charge in [0, 0.05) is 0 Å². The molecule has 1 aromatic carbocycles. The third-order valence-corrected chi connectivity index (χ3v) is 3.61. The molecule has 1 unspecified atom stereocenters. The van der Waals surface area contributed by atoms with E-state index in [9.17, 15) is 14.8 Å². The van der Waals surface area contributed by atoms with Gasteiger partial charge in [0.05, 0.1) is 12.0 Å². The van der Waals surface area contributed by atoms with Crippen LogP contribution < -0.4 is 11.1 Å². The monoisotopic (exact) mass is 276 g/mol. The Bertz CT molecular complexity index is 437. The van der Waals surface area contributed by atoms with Crippen LogP contribution in [0.5, 0.6) is 0 Å². The summed E-state index contributed by atoms with van der Waals surface area (Å²) in [6.07, 6.45) is 3.22. The van der Waals surface area contributed by atoms with E-state index in [1.165, 1.54) is 0 Å². The van der Waals surface area contributed by atoms with Crippen LogP contribution >= 0.6 is 0 Å². The van der Waals surface area contributed by atoms with Crippen molar-refractivity contribution in [1.29, 1.82) is 0 Å². The lowest BCUT2D eigenvalue weighted by molar-refractivity contribution is -0.122. The lowest BCUT2D eigenvalue weighted by Crippen LogP contribution is -2.52. The summed E-state index contributed by atoms with van der Waals surface area (Å²) < 4.78 is 0. The first kappa shape index (κ1) is 15.0. The van der Waals surface area contributed by atoms with Crippen molar-refractivity contribution in [3.05, 3.63) is 35.9 Å². The predicted molar refractivity (Wildman–Crippen MR) is 77.6 cm³/mol. The van der Waals surface area contributed by atoms with Crippen molar-refractivity contribution in [2.75, 3.05) is 0 Å². The number of rotatable bonds is 7. The predicted octanol–water partition coefficient (Wildman–Crippen LogP) is -0.147. The Kier molecular flexibility index (Phi) is 5.17. The van der Waals surface area contributed by atoms with Gasteiger partial charge in [0.2, 0.25) is 5.91 Å². The second kappa shape index (κ2) is 6.88. The van der Waals surface area contributed by atoms with E-state index in [0.717, 1.165) is 18.4 Å². The van der Waals surface area contributed by atoms with Crippen LogP contribution in [-0.2, 0) is 11.2 Å². The maximum atomic E-state index is 12.0. The molecule has 0 aliphatic heterocycles. The molecular formula is C14H21BN2O3. The molecule has 0 bridgehead atoms. The van der Waals surface area contributed by atoms with Crippen molar-refractivity contribution in [2.45, 2.75) is 37.7 Å². The molecule has 5 N–H and O–H groups in total. The smallest absolute Gasteiger partial charge is 0.426 e. The molecule has 0 spiro atoms. The largest absolute Gasteiger partial charge is 0.475 e. The van der Waals surface area contributed by atoms with Gasteiger partial charge >= 0.3 is 7.12 Å². The molecule has 1 aromatic rings. The van der Waals surface area contributed by atoms with Gasteiger partial charge in [0.15, 0.2) is 0 Å². The Morgan fingerprint density at radius 1 is 1.35 bits per heavy atom. The van der Waals surface area contributed by atoms with Crippen molar-refractivity contribution in [1.82, 2.24) is 5.32 Å². The highest BCUT2D eigenvalue weighted by atomic mass is 16.4. The van der Waals surface area contributed by atoms with Crippen LogP contribution in [0.2, 0.25) is 0 Å². The van der Waals surface area contributed by atoms with E-state index in [4.69, 9.17) is 5.73 Å². The average molecular weight is 276 g/mol. The zero-order chi connectivity index (χ0) is 14.5. The fourth-order valence-corrected chi connectivity index (χ4v) is 2.22. The minimum Gasteiger partial charge on any atom is -0.426 e. The number of hydrogen-bond acceptors (Lipinski definition) is 4. The molecule has 1 fully saturated rings. The molecule has 108 valence electrons. The van der Waals surface area contributed by atoms with Crippen LogP contribution in [-0.4, -0.2) is 35.1 Å². The van der Waals surface area contributed by atoms with Gasteiger partial charge in [0.25, 0.3) is 0 Å². The first-order valence-corrected chi connectivity index (χ1v) is 7.02. The Morgan fingerprint density at radius 2 is 2.00 bits per heavy atom. The van der Waals surface area contributed by atoms with Crippen molar-refractivity contribution < 1.29 is 14.8 Å². The topological polar surface area (TPSA) is 95.6 Å². The van der Waals surface area contributed by atoms with Gasteiger partial charge in [-0.3, -0.25) is 4.79 Å². The SMILES string of the molecule is N[C@@H](Cc1ccccc1)C(=O)NC(CC1CC1)B(O)O. The third kappa shape index (κ3) is 4.63. The van der Waals surface area contributed by atoms with Crippen LogP contribution in [0.4, 0.5) is 0 Å². The molecule has 0 saturated heterocycles. The molecule has 6 heteroatoms. The molecule has 1 amide bonds. The van der Waals surface area contributed by atoms with Crippen LogP contribution in [0.1, 0.15) is 24.8 Å². The van der Waals surface area contributed by atoms with E-state index in [0.29, 0.717) is 18.8 Å². The van der Waals surface area contributed by atoms with Crippen molar-refractivity contribution in [3.63, 3.8) is 0 Å². The number of hydrogen-bond donors (Lipinski definition) is 4. The fourth-order valence-electron chi connectivity index (χ4n) is 2.22. The molecule has 5 nitrogen and oxygen atoms in total. The molecule has 2 rings (SSSR count). The molecule has 0 radical (unpaired) electrons. The summed E-state index contributed by atoms with van der Waals surface area (Å²) in [5, 5.41) is 21.3. The van der Waals surface area contributed by atoms with E-state index in [-0.39, 0.29) is 5.91 Å². The second-order valence-electron chi connectivity index (χ2n) is 5.50. The van der Waals surface area contributed by atoms with E-state index >= 15 is 0 Å². The number of nitrogens with one attached hydrogen (secondary N) is 1. The van der Waals surface area contributed by atoms with Crippen molar-refractivity contribution in [3.8, 4) is 0 Å². The number of carbonyl (C=O) groups excluding carboxylic acids is 1. The fraction of sp³-hybridized carbons (Fsp3) is 0.500. The van der Waals surface area contributed by atoms with Crippen LogP contribution in [0.3, 0.4) is 0 Å². The van der Waals surface area contributed by atoms with Crippen LogP contribution in [0.25, 0.3) is 0 Å². The van der Waals surface area contributed by atoms with Crippen LogP contribution in [0.15, 0.2) is 30.3 Å². The molecule has 0 aromatic heterocycles. The van der Waals surface area contributed by atoms with Gasteiger partial charge in [-0.25, -0.2) is 0 Å². The number of benzene rings is 1. The Hall–Kier alpha value is -1.37. The highest BCUT2D eigenvalue weighted by Gasteiger charge is 2.33. The standard InChI is InChI=1S/C14H21BN2O3/c16-12(8-10-4-2-1-3-5-10)14(18)17-13(15(19)20)9-11-6-7-11/h1-5,11-13,19-20H,6-9,16H2,(H,17,18)/t12-,13?/m0/s1. The molecule has 2 atom stereocenters. The first-order chi connectivity index (χ1) is 9.56. The van der Waals surface area contributed by atoms with Gasteiger partial charge in [-0.2, -0.15) is 0 Å². The summed E-state index contributed by atoms with van der Waals surface area (Å²) in [6.45, 7) is 0. The lowest BCUT2D eigenvalue weighted by Gasteiger charge is -2.20. The van der Waals surface area contributed by atoms with Crippen molar-refractivity contribution in [2.24, 2.45) is 11.7 Å². The zero-order valence-electron chi connectivity index (χ0n) is 11.4. The summed E-state index contributed by atoms with van der Waals surface area (Å²) >= 11 is 0. The third-order valence-electron chi connectivity index (χ3n) is 3.61. The lowest BCUT2D eigenvalue weighted by atomic mass is 9.76. The number of amides is 1. The molecule has 1 aliphatic carbocycles. The van der Waals surface area contributed by atoms with Gasteiger partial charge in [0.1, 0.15) is 0 Å². The molecule has 1 aliphatic rings. The summed E-state index contributed by atoms with van der Waals surface area (Å²) in [7, 11) is -1.54. The van der Waals surface area contributed by atoms with E-state index < -0.39 is 19.1 Å². The molecular weight excluding hydrogens is 255 g/mol. The maximum absolute atomic E-state index is 12.0. The molecule has 20 heavy (non-hydrogen) atoms. The Balaban J connectivity index is 1.85. The Morgan fingerprint density at radius 3 is 2.55 bits per heavy atom. The van der Waals surface area contributed by atoms with Gasteiger partial charge < -0.3 is 21.1 Å². The van der Waals surface area contributed by atoms with Gasteiger partial charge in [-0.1, -0.05) is 43.2 Å². The quantitative estimate of drug-likeness (QED) is 0.521. The Labute approximate surface area is 119 Å². The van der Waals surface area contributed by atoms with Gasteiger partial charge in [-0.05, 0) is 24.3 Å². The highest BCUT2D eigenvalue weighted by molar-refractivity contribution is 6.43. The van der Waals surface area contributed by atoms with Crippen molar-refractivity contribution >= 4 is 13.0 Å². The van der Waals surface area contributed by atoms with Crippen LogP contribution in [0, 0.1) is 5.92 Å². The number of nitrogens with two attached hydrogens (primary N) is 1. The van der Waals surface area contributed by atoms with E-state index in [1.807, 2.05) is 30.3 Å². The first-order valence-electron chi connectivity index (χ1n) is 7.02. The minimum atomic E-state index is -1.54.